The molecule has 21 heavy (non-hydrogen) atoms. The minimum absolute atomic E-state index is 0.0534. The standard InChI is InChI=1S/C13H16F2O5S/c14-13(15,21(17,18)19)6-20-10(16)11-3-7-1-8-2-9(5-11)12(8,11)4-7/h7-9H,1-6H2,(H,17,18,19). The summed E-state index contributed by atoms with van der Waals surface area (Å²) < 4.78 is 60.5. The van der Waals surface area contributed by atoms with Gasteiger partial charge in [0.25, 0.3) is 0 Å². The number of carbonyl (C=O) groups is 1. The molecule has 0 saturated heterocycles. The first-order valence-electron chi connectivity index (χ1n) is 7.14. The van der Waals surface area contributed by atoms with Crippen LogP contribution in [-0.4, -0.2) is 30.8 Å². The molecule has 118 valence electrons. The number of carbonyl (C=O) groups excluding carboxylic acids is 1. The van der Waals surface area contributed by atoms with Crippen molar-refractivity contribution in [2.45, 2.75) is 37.4 Å². The summed E-state index contributed by atoms with van der Waals surface area (Å²) in [4.78, 5) is 12.3. The van der Waals surface area contributed by atoms with Crippen molar-refractivity contribution in [3.05, 3.63) is 0 Å². The van der Waals surface area contributed by atoms with Gasteiger partial charge >= 0.3 is 21.3 Å². The van der Waals surface area contributed by atoms with Crippen molar-refractivity contribution >= 4 is 16.1 Å². The second-order valence-corrected chi connectivity index (χ2v) is 8.70. The second-order valence-electron chi connectivity index (χ2n) is 7.15. The third-order valence-electron chi connectivity index (χ3n) is 6.53. The van der Waals surface area contributed by atoms with Crippen LogP contribution in [0.2, 0.25) is 0 Å². The van der Waals surface area contributed by atoms with E-state index in [1.165, 1.54) is 0 Å². The van der Waals surface area contributed by atoms with E-state index in [1.807, 2.05) is 0 Å². The van der Waals surface area contributed by atoms with Gasteiger partial charge < -0.3 is 4.74 Å². The lowest BCUT2D eigenvalue weighted by molar-refractivity contribution is -0.253. The molecule has 0 radical (unpaired) electrons. The van der Waals surface area contributed by atoms with E-state index in [0.29, 0.717) is 30.6 Å². The summed E-state index contributed by atoms with van der Waals surface area (Å²) in [5.41, 5.74) is -0.721. The minimum Gasteiger partial charge on any atom is -0.457 e. The van der Waals surface area contributed by atoms with Gasteiger partial charge in [0.1, 0.15) is 0 Å². The lowest BCUT2D eigenvalue weighted by Crippen LogP contribution is -2.69. The van der Waals surface area contributed by atoms with Crippen molar-refractivity contribution in [3.8, 4) is 0 Å². The molecule has 5 unspecified atom stereocenters. The molecule has 5 nitrogen and oxygen atoms in total. The maximum Gasteiger partial charge on any atom is 0.402 e. The first-order chi connectivity index (χ1) is 9.62. The fraction of sp³-hybridized carbons (Fsp3) is 0.923. The zero-order valence-corrected chi connectivity index (χ0v) is 12.0. The van der Waals surface area contributed by atoms with E-state index in [0.717, 1.165) is 19.3 Å². The highest BCUT2D eigenvalue weighted by Gasteiger charge is 2.83. The van der Waals surface area contributed by atoms with Crippen LogP contribution >= 0.6 is 0 Å². The number of hydrogen-bond acceptors (Lipinski definition) is 4. The predicted molar refractivity (Wildman–Crippen MR) is 65.9 cm³/mol. The lowest BCUT2D eigenvalue weighted by Gasteiger charge is -2.71. The molecule has 0 aromatic carbocycles. The zero-order valence-electron chi connectivity index (χ0n) is 11.2. The van der Waals surface area contributed by atoms with Gasteiger partial charge in [-0.05, 0) is 55.3 Å². The third kappa shape index (κ3) is 1.39. The Kier molecular flexibility index (Phi) is 2.37. The Morgan fingerprint density at radius 1 is 1.24 bits per heavy atom. The maximum atomic E-state index is 13.2. The van der Waals surface area contributed by atoms with Gasteiger partial charge in [-0.2, -0.15) is 17.2 Å². The number of fused-ring (bicyclic) bond motifs is 1. The van der Waals surface area contributed by atoms with Crippen LogP contribution in [0.3, 0.4) is 0 Å². The van der Waals surface area contributed by atoms with Gasteiger partial charge in [-0.3, -0.25) is 9.35 Å². The summed E-state index contributed by atoms with van der Waals surface area (Å²) in [6.07, 6.45) is 4.57. The number of esters is 1. The molecule has 0 aromatic heterocycles. The Morgan fingerprint density at radius 2 is 1.95 bits per heavy atom. The third-order valence-corrected chi connectivity index (χ3v) is 7.41. The van der Waals surface area contributed by atoms with Gasteiger partial charge in [0.2, 0.25) is 0 Å². The highest BCUT2D eigenvalue weighted by atomic mass is 32.2. The molecule has 2 bridgehead atoms. The molecule has 8 heteroatoms. The van der Waals surface area contributed by atoms with E-state index < -0.39 is 33.4 Å². The van der Waals surface area contributed by atoms with Crippen molar-refractivity contribution in [3.63, 3.8) is 0 Å². The molecule has 4 aliphatic rings. The summed E-state index contributed by atoms with van der Waals surface area (Å²) in [6.45, 7) is -1.61. The molecule has 4 saturated carbocycles. The van der Waals surface area contributed by atoms with Gasteiger partial charge in [-0.15, -0.1) is 0 Å². The monoisotopic (exact) mass is 322 g/mol. The van der Waals surface area contributed by atoms with E-state index in [1.54, 1.807) is 0 Å². The number of rotatable bonds is 4. The van der Waals surface area contributed by atoms with Crippen LogP contribution in [-0.2, 0) is 19.6 Å². The van der Waals surface area contributed by atoms with Crippen LogP contribution < -0.4 is 0 Å². The van der Waals surface area contributed by atoms with Gasteiger partial charge in [0.15, 0.2) is 6.61 Å². The normalized spacial score (nSPS) is 46.5. The summed E-state index contributed by atoms with van der Waals surface area (Å²) >= 11 is 0. The van der Waals surface area contributed by atoms with Crippen LogP contribution in [0.5, 0.6) is 0 Å². The Bertz CT molecular complexity index is 632. The Labute approximate surface area is 120 Å². The van der Waals surface area contributed by atoms with E-state index in [4.69, 9.17) is 4.55 Å². The molecule has 1 N–H and O–H groups in total. The summed E-state index contributed by atoms with van der Waals surface area (Å²) in [6, 6.07) is 0. The van der Waals surface area contributed by atoms with Gasteiger partial charge in [-0.1, -0.05) is 0 Å². The average molecular weight is 322 g/mol. The molecule has 5 atom stereocenters. The van der Waals surface area contributed by atoms with E-state index >= 15 is 0 Å². The summed E-state index contributed by atoms with van der Waals surface area (Å²) in [5.74, 6) is 0.778. The van der Waals surface area contributed by atoms with Crippen LogP contribution in [0.15, 0.2) is 0 Å². The number of alkyl halides is 2. The van der Waals surface area contributed by atoms with Crippen molar-refractivity contribution in [2.24, 2.45) is 28.6 Å². The van der Waals surface area contributed by atoms with Crippen LogP contribution in [0.4, 0.5) is 8.78 Å². The Balaban J connectivity index is 1.50. The number of hydrogen-bond donors (Lipinski definition) is 1. The van der Waals surface area contributed by atoms with Gasteiger partial charge in [0.05, 0.1) is 5.41 Å². The molecule has 1 spiro atoms. The summed E-state index contributed by atoms with van der Waals surface area (Å²) in [7, 11) is -5.56. The smallest absolute Gasteiger partial charge is 0.402 e. The zero-order chi connectivity index (χ0) is 15.3. The summed E-state index contributed by atoms with van der Waals surface area (Å²) in [5, 5.41) is -4.45. The first-order valence-corrected chi connectivity index (χ1v) is 8.58. The van der Waals surface area contributed by atoms with Crippen molar-refractivity contribution < 1.29 is 31.3 Å². The fourth-order valence-electron chi connectivity index (χ4n) is 5.90. The number of ether oxygens (including phenoxy) is 1. The van der Waals surface area contributed by atoms with Crippen LogP contribution in [0.25, 0.3) is 0 Å². The Hall–Kier alpha value is -0.760. The molecule has 0 aromatic rings. The van der Waals surface area contributed by atoms with Crippen molar-refractivity contribution in [1.29, 1.82) is 0 Å². The predicted octanol–water partition coefficient (Wildman–Crippen LogP) is 1.84. The molecular formula is C13H16F2O5S. The maximum absolute atomic E-state index is 13.2. The largest absolute Gasteiger partial charge is 0.457 e. The van der Waals surface area contributed by atoms with Crippen LogP contribution in [0, 0.1) is 28.6 Å². The van der Waals surface area contributed by atoms with Gasteiger partial charge in [-0.25, -0.2) is 0 Å². The molecule has 4 aliphatic carbocycles. The highest BCUT2D eigenvalue weighted by Crippen LogP contribution is 2.86. The molecular weight excluding hydrogens is 306 g/mol. The van der Waals surface area contributed by atoms with Gasteiger partial charge in [0, 0.05) is 0 Å². The second kappa shape index (κ2) is 3.59. The van der Waals surface area contributed by atoms with Crippen LogP contribution in [0.1, 0.15) is 32.1 Å². The molecule has 0 heterocycles. The van der Waals surface area contributed by atoms with Crippen molar-refractivity contribution in [1.82, 2.24) is 0 Å². The van der Waals surface area contributed by atoms with E-state index in [9.17, 15) is 22.0 Å². The number of halogens is 2. The van der Waals surface area contributed by atoms with E-state index in [2.05, 4.69) is 4.74 Å². The van der Waals surface area contributed by atoms with Crippen molar-refractivity contribution in [2.75, 3.05) is 6.61 Å². The highest BCUT2D eigenvalue weighted by molar-refractivity contribution is 7.86. The van der Waals surface area contributed by atoms with E-state index in [-0.39, 0.29) is 5.41 Å². The molecule has 4 rings (SSSR count). The topological polar surface area (TPSA) is 80.7 Å². The fourth-order valence-corrected chi connectivity index (χ4v) is 6.11. The molecule has 4 fully saturated rings. The quantitative estimate of drug-likeness (QED) is 0.631. The lowest BCUT2D eigenvalue weighted by atomic mass is 9.32. The molecule has 0 amide bonds. The first kappa shape index (κ1) is 13.9. The Morgan fingerprint density at radius 3 is 2.52 bits per heavy atom. The minimum atomic E-state index is -5.56. The average Bonchev–Trinajstić information content (AvgIpc) is 2.82. The molecule has 0 aliphatic heterocycles. The SMILES string of the molecule is O=C(OCC(F)(F)S(=O)(=O)O)C12CC3CC4CC(C1)C42C3.